The van der Waals surface area contributed by atoms with Crippen LogP contribution in [0.1, 0.15) is 12.8 Å². The zero-order chi connectivity index (χ0) is 15.0. The molecule has 0 radical (unpaired) electrons. The fraction of sp³-hybridized carbons (Fsp3) is 0.455. The van der Waals surface area contributed by atoms with Crippen LogP contribution in [-0.4, -0.2) is 35.5 Å². The molecular formula is C11H12Cl2N4O2S2. The van der Waals surface area contributed by atoms with Gasteiger partial charge in [-0.2, -0.15) is 8.75 Å². The molecule has 1 fully saturated rings. The Morgan fingerprint density at radius 1 is 1.19 bits per heavy atom. The highest BCUT2D eigenvalue weighted by Crippen LogP contribution is 2.36. The Morgan fingerprint density at radius 2 is 1.86 bits per heavy atom. The fourth-order valence-electron chi connectivity index (χ4n) is 2.30. The predicted octanol–water partition coefficient (Wildman–Crippen LogP) is 2.49. The lowest BCUT2D eigenvalue weighted by atomic mass is 10.2. The zero-order valence-electron chi connectivity index (χ0n) is 10.8. The summed E-state index contributed by atoms with van der Waals surface area (Å²) in [6.45, 7) is 1.38. The monoisotopic (exact) mass is 366 g/mol. The number of hydrogen-bond acceptors (Lipinski definition) is 6. The largest absolute Gasteiger partial charge is 0.317 e. The molecule has 0 saturated carbocycles. The summed E-state index contributed by atoms with van der Waals surface area (Å²) in [6, 6.07) is 1.48. The zero-order valence-corrected chi connectivity index (χ0v) is 13.9. The number of nitrogens with zero attached hydrogens (tertiary/aromatic N) is 2. The molecule has 1 aliphatic heterocycles. The first kappa shape index (κ1) is 15.2. The number of nitrogens with one attached hydrogen (secondary N) is 2. The van der Waals surface area contributed by atoms with Crippen molar-refractivity contribution in [3.8, 4) is 0 Å². The van der Waals surface area contributed by atoms with Gasteiger partial charge in [-0.15, -0.1) is 0 Å². The van der Waals surface area contributed by atoms with Gasteiger partial charge in [-0.25, -0.2) is 8.42 Å². The van der Waals surface area contributed by atoms with Crippen LogP contribution in [0, 0.1) is 0 Å². The highest BCUT2D eigenvalue weighted by Gasteiger charge is 2.29. The molecule has 1 aromatic heterocycles. The molecule has 2 aromatic rings. The van der Waals surface area contributed by atoms with Crippen molar-refractivity contribution in [3.63, 3.8) is 0 Å². The van der Waals surface area contributed by atoms with Crippen LogP contribution < -0.4 is 10.0 Å². The molecule has 6 nitrogen and oxygen atoms in total. The summed E-state index contributed by atoms with van der Waals surface area (Å²) in [5, 5.41) is 3.28. The lowest BCUT2D eigenvalue weighted by Crippen LogP contribution is -2.38. The van der Waals surface area contributed by atoms with Crippen molar-refractivity contribution in [1.82, 2.24) is 14.1 Å². The highest BCUT2D eigenvalue weighted by molar-refractivity contribution is 7.93. The quantitative estimate of drug-likeness (QED) is 0.871. The highest BCUT2D eigenvalue weighted by atomic mass is 35.5. The molecule has 0 atom stereocenters. The number of aromatic nitrogens is 2. The van der Waals surface area contributed by atoms with E-state index in [1.807, 2.05) is 0 Å². The van der Waals surface area contributed by atoms with Crippen LogP contribution in [0.2, 0.25) is 10.0 Å². The minimum Gasteiger partial charge on any atom is -0.317 e. The Bertz CT molecular complexity index is 772. The third-order valence-electron chi connectivity index (χ3n) is 3.41. The predicted molar refractivity (Wildman–Crippen MR) is 85.9 cm³/mol. The van der Waals surface area contributed by atoms with E-state index in [0.29, 0.717) is 42.0 Å². The number of halogens is 2. The van der Waals surface area contributed by atoms with Gasteiger partial charge in [-0.3, -0.25) is 4.72 Å². The minimum absolute atomic E-state index is 0.220. The second-order valence-electron chi connectivity index (χ2n) is 4.77. The van der Waals surface area contributed by atoms with Gasteiger partial charge in [0.1, 0.15) is 11.0 Å². The first-order valence-electron chi connectivity index (χ1n) is 6.31. The number of sulfonamides is 1. The number of fused-ring (bicyclic) bond motifs is 1. The van der Waals surface area contributed by atoms with Gasteiger partial charge in [0.05, 0.1) is 32.7 Å². The maximum Gasteiger partial charge on any atom is 0.235 e. The van der Waals surface area contributed by atoms with Gasteiger partial charge in [0.2, 0.25) is 10.0 Å². The molecule has 114 valence electrons. The van der Waals surface area contributed by atoms with Gasteiger partial charge < -0.3 is 5.32 Å². The molecule has 10 heteroatoms. The molecule has 0 amide bonds. The van der Waals surface area contributed by atoms with Crippen LogP contribution in [0.25, 0.3) is 11.0 Å². The summed E-state index contributed by atoms with van der Waals surface area (Å²) in [5.41, 5.74) is 1.09. The molecule has 0 unspecified atom stereocenters. The van der Waals surface area contributed by atoms with Gasteiger partial charge in [-0.1, -0.05) is 23.2 Å². The second kappa shape index (κ2) is 5.85. The number of rotatable bonds is 3. The standard InChI is InChI=1S/C11H12Cl2N4O2S2/c12-7-5-8(13)10(11-9(7)15-20-16-11)17-21(18,19)6-1-3-14-4-2-6/h5-6,14,17H,1-4H2. The van der Waals surface area contributed by atoms with Gasteiger partial charge in [0, 0.05) is 0 Å². The van der Waals surface area contributed by atoms with E-state index in [9.17, 15) is 8.42 Å². The normalized spacial score (nSPS) is 17.2. The fourth-order valence-corrected chi connectivity index (χ4v) is 5.03. The van der Waals surface area contributed by atoms with Crippen LogP contribution >= 0.6 is 34.9 Å². The van der Waals surface area contributed by atoms with E-state index >= 15 is 0 Å². The summed E-state index contributed by atoms with van der Waals surface area (Å²) >= 11 is 13.1. The van der Waals surface area contributed by atoms with E-state index in [-0.39, 0.29) is 10.7 Å². The van der Waals surface area contributed by atoms with Crippen molar-refractivity contribution in [2.45, 2.75) is 18.1 Å². The summed E-state index contributed by atoms with van der Waals surface area (Å²) in [4.78, 5) is 0. The number of hydrogen-bond donors (Lipinski definition) is 2. The maximum absolute atomic E-state index is 12.5. The van der Waals surface area contributed by atoms with E-state index < -0.39 is 15.3 Å². The molecule has 2 heterocycles. The van der Waals surface area contributed by atoms with E-state index in [1.54, 1.807) is 0 Å². The third kappa shape index (κ3) is 2.95. The van der Waals surface area contributed by atoms with Gasteiger partial charge in [0.15, 0.2) is 0 Å². The van der Waals surface area contributed by atoms with Crippen LogP contribution in [-0.2, 0) is 10.0 Å². The molecule has 0 bridgehead atoms. The second-order valence-corrected chi connectivity index (χ2v) is 8.08. The molecule has 3 rings (SSSR count). The smallest absolute Gasteiger partial charge is 0.235 e. The lowest BCUT2D eigenvalue weighted by Gasteiger charge is -2.23. The first-order chi connectivity index (χ1) is 9.99. The van der Waals surface area contributed by atoms with Gasteiger partial charge in [-0.05, 0) is 32.0 Å². The van der Waals surface area contributed by atoms with Gasteiger partial charge in [0.25, 0.3) is 0 Å². The Morgan fingerprint density at radius 3 is 2.57 bits per heavy atom. The average Bonchev–Trinajstić information content (AvgIpc) is 2.94. The third-order valence-corrected chi connectivity index (χ3v) is 6.37. The molecule has 1 aliphatic rings. The molecule has 1 aromatic carbocycles. The van der Waals surface area contributed by atoms with E-state index in [2.05, 4.69) is 18.8 Å². The number of benzene rings is 1. The summed E-state index contributed by atoms with van der Waals surface area (Å²) in [5.74, 6) is 0. The Balaban J connectivity index is 1.99. The minimum atomic E-state index is -3.52. The van der Waals surface area contributed by atoms with E-state index in [4.69, 9.17) is 23.2 Å². The molecule has 2 N–H and O–H groups in total. The van der Waals surface area contributed by atoms with Crippen molar-refractivity contribution in [1.29, 1.82) is 0 Å². The summed E-state index contributed by atoms with van der Waals surface area (Å²) in [7, 11) is -3.52. The molecule has 0 spiro atoms. The summed E-state index contributed by atoms with van der Waals surface area (Å²) in [6.07, 6.45) is 1.14. The van der Waals surface area contributed by atoms with Crippen molar-refractivity contribution in [3.05, 3.63) is 16.1 Å². The maximum atomic E-state index is 12.5. The first-order valence-corrected chi connectivity index (χ1v) is 9.35. The number of piperidine rings is 1. The van der Waals surface area contributed by atoms with E-state index in [1.165, 1.54) is 6.07 Å². The van der Waals surface area contributed by atoms with Crippen molar-refractivity contribution < 1.29 is 8.42 Å². The average molecular weight is 367 g/mol. The molecule has 21 heavy (non-hydrogen) atoms. The SMILES string of the molecule is O=S(=O)(Nc1c(Cl)cc(Cl)c2nsnc12)C1CCNCC1. The van der Waals surface area contributed by atoms with Crippen molar-refractivity contribution in [2.75, 3.05) is 17.8 Å². The van der Waals surface area contributed by atoms with Crippen molar-refractivity contribution in [2.24, 2.45) is 0 Å². The van der Waals surface area contributed by atoms with E-state index in [0.717, 1.165) is 11.7 Å². The van der Waals surface area contributed by atoms with Crippen LogP contribution in [0.15, 0.2) is 6.07 Å². The lowest BCUT2D eigenvalue weighted by molar-refractivity contribution is 0.499. The number of anilines is 1. The molecule has 1 saturated heterocycles. The van der Waals surface area contributed by atoms with Gasteiger partial charge >= 0.3 is 0 Å². The topological polar surface area (TPSA) is 84.0 Å². The van der Waals surface area contributed by atoms with Crippen LogP contribution in [0.5, 0.6) is 0 Å². The molecule has 0 aliphatic carbocycles. The molecular weight excluding hydrogens is 355 g/mol. The Labute approximate surface area is 136 Å². The summed E-state index contributed by atoms with van der Waals surface area (Å²) < 4.78 is 35.7. The van der Waals surface area contributed by atoms with Crippen LogP contribution in [0.3, 0.4) is 0 Å². The Hall–Kier alpha value is -0.670. The van der Waals surface area contributed by atoms with Crippen LogP contribution in [0.4, 0.5) is 5.69 Å². The Kier molecular flexibility index (Phi) is 4.24. The van der Waals surface area contributed by atoms with Crippen molar-refractivity contribution >= 4 is 61.7 Å².